The molecule has 0 aliphatic heterocycles. The standard InChI is InChI=1S/C32H39ClFN3O4S/c1-5-23(2)35-32(39)30(21-25-13-7-6-8-14-25)36(22-26-15-9-10-17-28(26)34)31(38)19-12-20-37(42(4,40)41)29-18-11-16-27(33)24(29)3/h6-11,13-18,23,30H,5,12,19-22H2,1-4H3,(H,35,39)/t23-,30+/m0/s1. The lowest BCUT2D eigenvalue weighted by Gasteiger charge is -2.33. The van der Waals surface area contributed by atoms with E-state index in [1.807, 2.05) is 44.2 Å². The van der Waals surface area contributed by atoms with Crippen molar-refractivity contribution in [1.29, 1.82) is 0 Å². The first-order valence-electron chi connectivity index (χ1n) is 14.0. The number of amides is 2. The van der Waals surface area contributed by atoms with Crippen molar-refractivity contribution in [1.82, 2.24) is 10.2 Å². The second-order valence-electron chi connectivity index (χ2n) is 10.5. The summed E-state index contributed by atoms with van der Waals surface area (Å²) in [7, 11) is -3.68. The zero-order valence-corrected chi connectivity index (χ0v) is 26.1. The Kier molecular flexibility index (Phi) is 11.9. The number of sulfonamides is 1. The summed E-state index contributed by atoms with van der Waals surface area (Å²) in [6.07, 6.45) is 2.17. The van der Waals surface area contributed by atoms with Crippen LogP contribution in [0, 0.1) is 12.7 Å². The lowest BCUT2D eigenvalue weighted by molar-refractivity contribution is -0.141. The first-order valence-corrected chi connectivity index (χ1v) is 16.2. The molecule has 0 bridgehead atoms. The molecule has 226 valence electrons. The van der Waals surface area contributed by atoms with Gasteiger partial charge in [0.2, 0.25) is 21.8 Å². The van der Waals surface area contributed by atoms with Crippen LogP contribution >= 0.6 is 11.6 Å². The van der Waals surface area contributed by atoms with Crippen molar-refractivity contribution < 1.29 is 22.4 Å². The van der Waals surface area contributed by atoms with Crippen LogP contribution in [0.15, 0.2) is 72.8 Å². The summed E-state index contributed by atoms with van der Waals surface area (Å²) in [4.78, 5) is 28.9. The molecule has 3 aromatic rings. The summed E-state index contributed by atoms with van der Waals surface area (Å²) in [5, 5.41) is 3.42. The summed E-state index contributed by atoms with van der Waals surface area (Å²) in [5.41, 5.74) is 2.19. The molecule has 2 amide bonds. The Morgan fingerprint density at radius 3 is 2.31 bits per heavy atom. The van der Waals surface area contributed by atoms with Gasteiger partial charge in [0.25, 0.3) is 0 Å². The number of benzene rings is 3. The fourth-order valence-corrected chi connectivity index (χ4v) is 5.84. The Morgan fingerprint density at radius 1 is 1.00 bits per heavy atom. The molecular formula is C32H39ClFN3O4S. The molecule has 0 saturated carbocycles. The van der Waals surface area contributed by atoms with Gasteiger partial charge in [-0.1, -0.05) is 73.1 Å². The van der Waals surface area contributed by atoms with Crippen molar-refractivity contribution in [3.8, 4) is 0 Å². The van der Waals surface area contributed by atoms with Crippen molar-refractivity contribution in [2.45, 2.75) is 65.1 Å². The molecule has 3 aromatic carbocycles. The van der Waals surface area contributed by atoms with Gasteiger partial charge in [-0.15, -0.1) is 0 Å². The van der Waals surface area contributed by atoms with Gasteiger partial charge in [0.15, 0.2) is 0 Å². The third-order valence-electron chi connectivity index (χ3n) is 7.23. The van der Waals surface area contributed by atoms with Gasteiger partial charge in [0.1, 0.15) is 11.9 Å². The maximum Gasteiger partial charge on any atom is 0.243 e. The maximum absolute atomic E-state index is 14.8. The Balaban J connectivity index is 1.92. The number of anilines is 1. The minimum absolute atomic E-state index is 0.0295. The fraction of sp³-hybridized carbons (Fsp3) is 0.375. The van der Waals surface area contributed by atoms with Gasteiger partial charge < -0.3 is 10.2 Å². The topological polar surface area (TPSA) is 86.8 Å². The van der Waals surface area contributed by atoms with Crippen molar-refractivity contribution in [2.24, 2.45) is 0 Å². The van der Waals surface area contributed by atoms with Gasteiger partial charge in [-0.3, -0.25) is 13.9 Å². The van der Waals surface area contributed by atoms with Gasteiger partial charge in [-0.2, -0.15) is 0 Å². The second kappa shape index (κ2) is 15.2. The fourth-order valence-electron chi connectivity index (χ4n) is 4.65. The van der Waals surface area contributed by atoms with E-state index in [0.717, 1.165) is 11.8 Å². The maximum atomic E-state index is 14.8. The molecule has 0 saturated heterocycles. The lowest BCUT2D eigenvalue weighted by atomic mass is 10.0. The van der Waals surface area contributed by atoms with Crippen LogP contribution in [0.5, 0.6) is 0 Å². The van der Waals surface area contributed by atoms with Crippen molar-refractivity contribution in [3.63, 3.8) is 0 Å². The molecule has 0 unspecified atom stereocenters. The molecule has 10 heteroatoms. The zero-order chi connectivity index (χ0) is 30.9. The Morgan fingerprint density at radius 2 is 1.67 bits per heavy atom. The number of carbonyl (C=O) groups is 2. The molecule has 0 heterocycles. The molecule has 0 radical (unpaired) electrons. The van der Waals surface area contributed by atoms with E-state index in [1.54, 1.807) is 43.3 Å². The van der Waals surface area contributed by atoms with Crippen LogP contribution in [0.1, 0.15) is 49.8 Å². The Labute approximate surface area is 253 Å². The number of nitrogens with one attached hydrogen (secondary N) is 1. The normalized spacial score (nSPS) is 12.8. The van der Waals surface area contributed by atoms with E-state index in [0.29, 0.717) is 22.7 Å². The van der Waals surface area contributed by atoms with Crippen LogP contribution in [0.2, 0.25) is 5.02 Å². The highest BCUT2D eigenvalue weighted by Gasteiger charge is 2.31. The van der Waals surface area contributed by atoms with Gasteiger partial charge in [0, 0.05) is 42.6 Å². The number of halogens is 2. The molecule has 3 rings (SSSR count). The highest BCUT2D eigenvalue weighted by Crippen LogP contribution is 2.28. The quantitative estimate of drug-likeness (QED) is 0.245. The molecule has 0 aliphatic rings. The molecule has 0 aliphatic carbocycles. The van der Waals surface area contributed by atoms with Crippen LogP contribution < -0.4 is 9.62 Å². The molecule has 2 atom stereocenters. The zero-order valence-electron chi connectivity index (χ0n) is 24.5. The molecule has 0 fully saturated rings. The molecule has 7 nitrogen and oxygen atoms in total. The first-order chi connectivity index (χ1) is 19.9. The van der Waals surface area contributed by atoms with Gasteiger partial charge in [-0.05, 0) is 56.0 Å². The number of hydrogen-bond acceptors (Lipinski definition) is 4. The predicted molar refractivity (Wildman–Crippen MR) is 166 cm³/mol. The van der Waals surface area contributed by atoms with Gasteiger partial charge in [-0.25, -0.2) is 12.8 Å². The number of carbonyl (C=O) groups excluding carboxylic acids is 2. The van der Waals surface area contributed by atoms with E-state index < -0.39 is 21.9 Å². The minimum atomic E-state index is -3.68. The van der Waals surface area contributed by atoms with Crippen LogP contribution in [-0.4, -0.2) is 50.0 Å². The smallest absolute Gasteiger partial charge is 0.243 e. The van der Waals surface area contributed by atoms with Crippen molar-refractivity contribution >= 4 is 39.1 Å². The van der Waals surface area contributed by atoms with Gasteiger partial charge in [0.05, 0.1) is 11.9 Å². The largest absolute Gasteiger partial charge is 0.352 e. The highest BCUT2D eigenvalue weighted by molar-refractivity contribution is 7.92. The first kappa shape index (κ1) is 33.1. The minimum Gasteiger partial charge on any atom is -0.352 e. The van der Waals surface area contributed by atoms with Crippen LogP contribution in [-0.2, 0) is 32.6 Å². The Bertz CT molecular complexity index is 1470. The average molecular weight is 616 g/mol. The number of nitrogens with zero attached hydrogens (tertiary/aromatic N) is 2. The van der Waals surface area contributed by atoms with E-state index in [1.165, 1.54) is 15.3 Å². The highest BCUT2D eigenvalue weighted by atomic mass is 35.5. The van der Waals surface area contributed by atoms with Crippen LogP contribution in [0.25, 0.3) is 0 Å². The van der Waals surface area contributed by atoms with Crippen molar-refractivity contribution in [3.05, 3.63) is 100 Å². The van der Waals surface area contributed by atoms with E-state index >= 15 is 0 Å². The monoisotopic (exact) mass is 615 g/mol. The number of rotatable bonds is 14. The molecule has 1 N–H and O–H groups in total. The second-order valence-corrected chi connectivity index (χ2v) is 12.8. The predicted octanol–water partition coefficient (Wildman–Crippen LogP) is 5.89. The van der Waals surface area contributed by atoms with Crippen LogP contribution in [0.4, 0.5) is 10.1 Å². The molecule has 0 spiro atoms. The Hall–Kier alpha value is -3.43. The van der Waals surface area contributed by atoms with E-state index in [4.69, 9.17) is 11.6 Å². The van der Waals surface area contributed by atoms with E-state index in [9.17, 15) is 22.4 Å². The summed E-state index contributed by atoms with van der Waals surface area (Å²) < 4.78 is 41.4. The third kappa shape index (κ3) is 9.03. The summed E-state index contributed by atoms with van der Waals surface area (Å²) in [6.45, 7) is 5.50. The SMILES string of the molecule is CC[C@H](C)NC(=O)[C@@H](Cc1ccccc1)N(Cc1ccccc1F)C(=O)CCCN(c1cccc(Cl)c1C)S(C)(=O)=O. The number of hydrogen-bond donors (Lipinski definition) is 1. The van der Waals surface area contributed by atoms with Crippen LogP contribution in [0.3, 0.4) is 0 Å². The summed E-state index contributed by atoms with van der Waals surface area (Å²) in [6, 6.07) is 19.5. The third-order valence-corrected chi connectivity index (χ3v) is 8.82. The molecule has 42 heavy (non-hydrogen) atoms. The summed E-state index contributed by atoms with van der Waals surface area (Å²) in [5.74, 6) is -1.18. The average Bonchev–Trinajstić information content (AvgIpc) is 2.95. The summed E-state index contributed by atoms with van der Waals surface area (Å²) >= 11 is 6.25. The molecular weight excluding hydrogens is 577 g/mol. The lowest BCUT2D eigenvalue weighted by Crippen LogP contribution is -2.52. The van der Waals surface area contributed by atoms with Gasteiger partial charge >= 0.3 is 0 Å². The van der Waals surface area contributed by atoms with Crippen molar-refractivity contribution in [2.75, 3.05) is 17.1 Å². The van der Waals surface area contributed by atoms with E-state index in [2.05, 4.69) is 5.32 Å². The van der Waals surface area contributed by atoms with E-state index in [-0.39, 0.29) is 55.8 Å². The molecule has 0 aromatic heterocycles.